The summed E-state index contributed by atoms with van der Waals surface area (Å²) < 4.78 is 11.8. The van der Waals surface area contributed by atoms with Crippen LogP contribution in [0.25, 0.3) is 0 Å². The second-order valence-corrected chi connectivity index (χ2v) is 5.93. The van der Waals surface area contributed by atoms with E-state index in [0.29, 0.717) is 0 Å². The molecule has 0 amide bonds. The number of nitrogens with two attached hydrogens (primary N) is 1. The molecule has 0 spiro atoms. The normalized spacial score (nSPS) is 21.2. The summed E-state index contributed by atoms with van der Waals surface area (Å²) in [6.45, 7) is 4.38. The highest BCUT2D eigenvalue weighted by Gasteiger charge is 2.40. The second-order valence-electron chi connectivity index (χ2n) is 5.08. The van der Waals surface area contributed by atoms with E-state index in [4.69, 9.17) is 15.2 Å². The first-order valence-corrected chi connectivity index (χ1v) is 6.42. The van der Waals surface area contributed by atoms with Gasteiger partial charge in [0.15, 0.2) is 0 Å². The van der Waals surface area contributed by atoms with E-state index in [9.17, 15) is 0 Å². The van der Waals surface area contributed by atoms with Crippen molar-refractivity contribution in [2.24, 2.45) is 5.73 Å². The summed E-state index contributed by atoms with van der Waals surface area (Å²) in [7, 11) is 3.36. The fourth-order valence-electron chi connectivity index (χ4n) is 2.80. The van der Waals surface area contributed by atoms with Crippen molar-refractivity contribution < 1.29 is 9.47 Å². The molecule has 1 aliphatic carbocycles. The molecule has 94 valence electrons. The van der Waals surface area contributed by atoms with Crippen LogP contribution >= 0.6 is 15.9 Å². The quantitative estimate of drug-likeness (QED) is 0.912. The summed E-state index contributed by atoms with van der Waals surface area (Å²) in [5.41, 5.74) is 8.50. The lowest BCUT2D eigenvalue weighted by Gasteiger charge is -2.22. The molecular formula is C13H18BrNO2. The third-order valence-corrected chi connectivity index (χ3v) is 4.03. The molecule has 0 aliphatic heterocycles. The first kappa shape index (κ1) is 12.7. The van der Waals surface area contributed by atoms with Crippen molar-refractivity contribution in [3.05, 3.63) is 21.7 Å². The molecule has 0 heterocycles. The largest absolute Gasteiger partial charge is 0.496 e. The van der Waals surface area contributed by atoms with Crippen LogP contribution in [0.15, 0.2) is 10.5 Å². The van der Waals surface area contributed by atoms with E-state index in [1.807, 2.05) is 6.07 Å². The van der Waals surface area contributed by atoms with Crippen molar-refractivity contribution in [1.29, 1.82) is 0 Å². The van der Waals surface area contributed by atoms with Crippen LogP contribution in [0.5, 0.6) is 11.5 Å². The lowest BCUT2D eigenvalue weighted by Crippen LogP contribution is -2.15. The summed E-state index contributed by atoms with van der Waals surface area (Å²) in [5.74, 6) is 1.71. The lowest BCUT2D eigenvalue weighted by atomic mass is 9.86. The van der Waals surface area contributed by atoms with Gasteiger partial charge >= 0.3 is 0 Å². The smallest absolute Gasteiger partial charge is 0.138 e. The van der Waals surface area contributed by atoms with Crippen molar-refractivity contribution in [3.63, 3.8) is 0 Å². The number of halogens is 1. The molecule has 3 nitrogen and oxygen atoms in total. The molecule has 0 fully saturated rings. The standard InChI is InChI=1S/C13H18BrNO2/c1-13(2)6-8(15)10-11(13)9(16-3)5-7(14)12(10)17-4/h5,8H,6,15H2,1-4H3/t8-/m0/s1. The number of hydrogen-bond donors (Lipinski definition) is 1. The number of fused-ring (bicyclic) bond motifs is 1. The minimum absolute atomic E-state index is 0.00125. The average molecular weight is 300 g/mol. The average Bonchev–Trinajstić information content (AvgIpc) is 2.48. The Morgan fingerprint density at radius 1 is 1.35 bits per heavy atom. The van der Waals surface area contributed by atoms with Gasteiger partial charge in [-0.25, -0.2) is 0 Å². The number of rotatable bonds is 2. The molecule has 0 bridgehead atoms. The van der Waals surface area contributed by atoms with Crippen LogP contribution in [0.4, 0.5) is 0 Å². The molecule has 17 heavy (non-hydrogen) atoms. The van der Waals surface area contributed by atoms with Gasteiger partial charge in [-0.15, -0.1) is 0 Å². The topological polar surface area (TPSA) is 44.5 Å². The van der Waals surface area contributed by atoms with Crippen LogP contribution < -0.4 is 15.2 Å². The first-order chi connectivity index (χ1) is 7.92. The summed E-state index contributed by atoms with van der Waals surface area (Å²) in [6, 6.07) is 1.96. The van der Waals surface area contributed by atoms with Gasteiger partial charge < -0.3 is 15.2 Å². The van der Waals surface area contributed by atoms with Crippen molar-refractivity contribution in [3.8, 4) is 11.5 Å². The van der Waals surface area contributed by atoms with Gasteiger partial charge in [-0.3, -0.25) is 0 Å². The minimum Gasteiger partial charge on any atom is -0.496 e. The summed E-state index contributed by atoms with van der Waals surface area (Å²) in [4.78, 5) is 0. The maximum Gasteiger partial charge on any atom is 0.138 e. The predicted molar refractivity (Wildman–Crippen MR) is 71.8 cm³/mol. The molecule has 2 rings (SSSR count). The highest BCUT2D eigenvalue weighted by atomic mass is 79.9. The number of methoxy groups -OCH3 is 2. The Morgan fingerprint density at radius 2 is 2.00 bits per heavy atom. The van der Waals surface area contributed by atoms with Gasteiger partial charge in [0.2, 0.25) is 0 Å². The highest BCUT2D eigenvalue weighted by Crippen LogP contribution is 2.53. The Morgan fingerprint density at radius 3 is 2.53 bits per heavy atom. The third-order valence-electron chi connectivity index (χ3n) is 3.44. The van der Waals surface area contributed by atoms with Crippen molar-refractivity contribution in [2.75, 3.05) is 14.2 Å². The van der Waals surface area contributed by atoms with Gasteiger partial charge in [0, 0.05) is 17.2 Å². The molecule has 0 unspecified atom stereocenters. The SMILES string of the molecule is COc1cc(Br)c(OC)c2c1C(C)(C)C[C@@H]2N. The molecule has 1 aliphatic rings. The van der Waals surface area contributed by atoms with Crippen LogP contribution in [0.1, 0.15) is 37.4 Å². The first-order valence-electron chi connectivity index (χ1n) is 5.62. The molecule has 0 radical (unpaired) electrons. The second kappa shape index (κ2) is 4.18. The zero-order valence-electron chi connectivity index (χ0n) is 10.6. The Balaban J connectivity index is 2.77. The van der Waals surface area contributed by atoms with Gasteiger partial charge in [0.25, 0.3) is 0 Å². The molecule has 1 atom stereocenters. The lowest BCUT2D eigenvalue weighted by molar-refractivity contribution is 0.387. The molecule has 2 N–H and O–H groups in total. The Bertz CT molecular complexity index is 457. The zero-order chi connectivity index (χ0) is 12.8. The van der Waals surface area contributed by atoms with Crippen LogP contribution in [0.3, 0.4) is 0 Å². The number of ether oxygens (including phenoxy) is 2. The molecule has 4 heteroatoms. The van der Waals surface area contributed by atoms with E-state index in [-0.39, 0.29) is 11.5 Å². The van der Waals surface area contributed by atoms with E-state index < -0.39 is 0 Å². The van der Waals surface area contributed by atoms with Gasteiger partial charge in [-0.05, 0) is 33.8 Å². The Hall–Kier alpha value is -0.740. The zero-order valence-corrected chi connectivity index (χ0v) is 12.2. The molecule has 0 aromatic heterocycles. The van der Waals surface area contributed by atoms with Crippen LogP contribution in [0.2, 0.25) is 0 Å². The molecule has 0 saturated heterocycles. The fraction of sp³-hybridized carbons (Fsp3) is 0.538. The molecule has 1 aromatic carbocycles. The molecule has 0 saturated carbocycles. The summed E-state index contributed by atoms with van der Waals surface area (Å²) >= 11 is 3.51. The third kappa shape index (κ3) is 1.83. The van der Waals surface area contributed by atoms with E-state index in [1.165, 1.54) is 5.56 Å². The van der Waals surface area contributed by atoms with E-state index in [1.54, 1.807) is 14.2 Å². The molecule has 1 aromatic rings. The highest BCUT2D eigenvalue weighted by molar-refractivity contribution is 9.10. The van der Waals surface area contributed by atoms with Gasteiger partial charge in [-0.1, -0.05) is 13.8 Å². The van der Waals surface area contributed by atoms with E-state index in [2.05, 4.69) is 29.8 Å². The van der Waals surface area contributed by atoms with Crippen LogP contribution in [0, 0.1) is 0 Å². The van der Waals surface area contributed by atoms with Gasteiger partial charge in [0.1, 0.15) is 11.5 Å². The van der Waals surface area contributed by atoms with Crippen molar-refractivity contribution >= 4 is 15.9 Å². The fourth-order valence-corrected chi connectivity index (χ4v) is 3.39. The van der Waals surface area contributed by atoms with E-state index >= 15 is 0 Å². The van der Waals surface area contributed by atoms with Gasteiger partial charge in [-0.2, -0.15) is 0 Å². The van der Waals surface area contributed by atoms with Crippen LogP contribution in [-0.2, 0) is 5.41 Å². The maximum atomic E-state index is 6.23. The summed E-state index contributed by atoms with van der Waals surface area (Å²) in [5, 5.41) is 0. The van der Waals surface area contributed by atoms with Crippen molar-refractivity contribution in [2.45, 2.75) is 31.7 Å². The maximum absolute atomic E-state index is 6.23. The Labute approximate surface area is 110 Å². The molecular weight excluding hydrogens is 282 g/mol. The predicted octanol–water partition coefficient (Wildman–Crippen LogP) is 3.15. The monoisotopic (exact) mass is 299 g/mol. The van der Waals surface area contributed by atoms with Crippen LogP contribution in [-0.4, -0.2) is 14.2 Å². The minimum atomic E-state index is 0.00125. The van der Waals surface area contributed by atoms with Crippen molar-refractivity contribution in [1.82, 2.24) is 0 Å². The Kier molecular flexibility index (Phi) is 3.12. The summed E-state index contributed by atoms with van der Waals surface area (Å²) in [6.07, 6.45) is 0.908. The number of benzene rings is 1. The number of hydrogen-bond acceptors (Lipinski definition) is 3. The van der Waals surface area contributed by atoms with E-state index in [0.717, 1.165) is 28.0 Å². The van der Waals surface area contributed by atoms with Gasteiger partial charge in [0.05, 0.1) is 18.7 Å².